The molecule has 0 unspecified atom stereocenters. The summed E-state index contributed by atoms with van der Waals surface area (Å²) in [5.74, 6) is 0. The van der Waals surface area contributed by atoms with Crippen molar-refractivity contribution in [2.24, 2.45) is 0 Å². The van der Waals surface area contributed by atoms with Crippen molar-refractivity contribution in [1.82, 2.24) is 5.32 Å². The first-order valence-electron chi connectivity index (χ1n) is 6.38. The van der Waals surface area contributed by atoms with Crippen molar-refractivity contribution < 1.29 is 9.66 Å². The zero-order chi connectivity index (χ0) is 13.8. The third kappa shape index (κ3) is 3.65. The summed E-state index contributed by atoms with van der Waals surface area (Å²) in [6, 6.07) is 5.15. The molecule has 0 aliphatic heterocycles. The van der Waals surface area contributed by atoms with E-state index in [0.717, 1.165) is 19.4 Å². The van der Waals surface area contributed by atoms with Crippen LogP contribution in [0.4, 0.5) is 5.69 Å². The zero-order valence-corrected chi connectivity index (χ0v) is 11.5. The lowest BCUT2D eigenvalue weighted by Crippen LogP contribution is -2.45. The largest absolute Gasteiger partial charge is 0.378 e. The highest BCUT2D eigenvalue weighted by Gasteiger charge is 2.29. The number of ether oxygens (including phenoxy) is 1. The van der Waals surface area contributed by atoms with E-state index in [1.165, 1.54) is 6.07 Å². The Kier molecular flexibility index (Phi) is 4.74. The highest BCUT2D eigenvalue weighted by atomic mass is 35.5. The Morgan fingerprint density at radius 1 is 1.53 bits per heavy atom. The minimum absolute atomic E-state index is 0.0701. The number of nitrogens with zero attached hydrogens (tertiary/aromatic N) is 1. The summed E-state index contributed by atoms with van der Waals surface area (Å²) in [7, 11) is 0. The van der Waals surface area contributed by atoms with E-state index in [-0.39, 0.29) is 5.69 Å². The molecule has 2 rings (SSSR count). The summed E-state index contributed by atoms with van der Waals surface area (Å²) in [5, 5.41) is 14.6. The molecule has 0 aromatic heterocycles. The SMILES string of the molecule is CCOC1CC(NCc2ccc(Cl)cc2[N+](=O)[O-])C1. The summed E-state index contributed by atoms with van der Waals surface area (Å²) in [5.41, 5.74) is 0.731. The Labute approximate surface area is 117 Å². The topological polar surface area (TPSA) is 64.4 Å². The van der Waals surface area contributed by atoms with Gasteiger partial charge in [0.25, 0.3) is 5.69 Å². The van der Waals surface area contributed by atoms with Crippen molar-refractivity contribution >= 4 is 17.3 Å². The second kappa shape index (κ2) is 6.32. The van der Waals surface area contributed by atoms with Crippen molar-refractivity contribution in [3.63, 3.8) is 0 Å². The third-order valence-corrected chi connectivity index (χ3v) is 3.56. The molecule has 0 spiro atoms. The van der Waals surface area contributed by atoms with E-state index in [2.05, 4.69) is 5.32 Å². The lowest BCUT2D eigenvalue weighted by atomic mass is 9.89. The van der Waals surface area contributed by atoms with Gasteiger partial charge in [-0.1, -0.05) is 11.6 Å². The highest BCUT2D eigenvalue weighted by Crippen LogP contribution is 2.26. The van der Waals surface area contributed by atoms with Crippen molar-refractivity contribution in [2.45, 2.75) is 38.5 Å². The van der Waals surface area contributed by atoms with Crippen molar-refractivity contribution in [2.75, 3.05) is 6.61 Å². The number of nitro benzene ring substituents is 1. The molecule has 6 heteroatoms. The number of halogens is 1. The molecule has 1 aromatic carbocycles. The summed E-state index contributed by atoms with van der Waals surface area (Å²) in [6.45, 7) is 3.20. The molecule has 104 valence electrons. The quantitative estimate of drug-likeness (QED) is 0.644. The van der Waals surface area contributed by atoms with Crippen molar-refractivity contribution in [3.8, 4) is 0 Å². The van der Waals surface area contributed by atoms with Gasteiger partial charge in [0, 0.05) is 35.8 Å². The Balaban J connectivity index is 1.88. The average Bonchev–Trinajstić information content (AvgIpc) is 2.33. The number of nitrogens with one attached hydrogen (secondary N) is 1. The van der Waals surface area contributed by atoms with Crippen LogP contribution in [0.5, 0.6) is 0 Å². The van der Waals surface area contributed by atoms with E-state index >= 15 is 0 Å². The Morgan fingerprint density at radius 3 is 2.89 bits per heavy atom. The van der Waals surface area contributed by atoms with E-state index in [1.807, 2.05) is 6.92 Å². The second-order valence-electron chi connectivity index (χ2n) is 4.66. The maximum Gasteiger partial charge on any atom is 0.275 e. The van der Waals surface area contributed by atoms with Crippen molar-refractivity contribution in [3.05, 3.63) is 38.9 Å². The van der Waals surface area contributed by atoms with E-state index in [4.69, 9.17) is 16.3 Å². The molecule has 1 aliphatic carbocycles. The number of hydrogen-bond acceptors (Lipinski definition) is 4. The molecule has 0 amide bonds. The van der Waals surface area contributed by atoms with Gasteiger partial charge in [-0.3, -0.25) is 10.1 Å². The number of hydrogen-bond donors (Lipinski definition) is 1. The van der Waals surface area contributed by atoms with E-state index < -0.39 is 4.92 Å². The fourth-order valence-electron chi connectivity index (χ4n) is 2.21. The van der Waals surface area contributed by atoms with Gasteiger partial charge >= 0.3 is 0 Å². The first-order chi connectivity index (χ1) is 9.10. The Bertz CT molecular complexity index is 461. The molecule has 1 saturated carbocycles. The molecule has 0 saturated heterocycles. The van der Waals surface area contributed by atoms with Crippen LogP contribution in [0.1, 0.15) is 25.3 Å². The standard InChI is InChI=1S/C13H17ClN2O3/c1-2-19-12-6-11(7-12)15-8-9-3-4-10(14)5-13(9)16(17)18/h3-5,11-12,15H,2,6-8H2,1H3. The average molecular weight is 285 g/mol. The minimum Gasteiger partial charge on any atom is -0.378 e. The molecule has 0 radical (unpaired) electrons. The van der Waals surface area contributed by atoms with Gasteiger partial charge in [0.05, 0.1) is 11.0 Å². The van der Waals surface area contributed by atoms with E-state index in [9.17, 15) is 10.1 Å². The first-order valence-corrected chi connectivity index (χ1v) is 6.75. The molecule has 1 aliphatic rings. The van der Waals surface area contributed by atoms with Gasteiger partial charge in [0.15, 0.2) is 0 Å². The zero-order valence-electron chi connectivity index (χ0n) is 10.8. The molecule has 5 nitrogen and oxygen atoms in total. The van der Waals surface area contributed by atoms with Crippen LogP contribution in [-0.4, -0.2) is 23.7 Å². The normalized spacial score (nSPS) is 22.0. The van der Waals surface area contributed by atoms with Crippen LogP contribution in [0, 0.1) is 10.1 Å². The van der Waals surface area contributed by atoms with Crippen LogP contribution in [0.3, 0.4) is 0 Å². The summed E-state index contributed by atoms with van der Waals surface area (Å²) >= 11 is 5.77. The van der Waals surface area contributed by atoms with Gasteiger partial charge in [0.1, 0.15) is 0 Å². The van der Waals surface area contributed by atoms with Crippen LogP contribution in [-0.2, 0) is 11.3 Å². The van der Waals surface area contributed by atoms with Crippen LogP contribution in [0.25, 0.3) is 0 Å². The van der Waals surface area contributed by atoms with E-state index in [0.29, 0.717) is 29.3 Å². The minimum atomic E-state index is -0.396. The molecule has 1 N–H and O–H groups in total. The van der Waals surface area contributed by atoms with Crippen molar-refractivity contribution in [1.29, 1.82) is 0 Å². The summed E-state index contributed by atoms with van der Waals surface area (Å²) in [4.78, 5) is 10.5. The van der Waals surface area contributed by atoms with E-state index in [1.54, 1.807) is 12.1 Å². The third-order valence-electron chi connectivity index (χ3n) is 3.32. The molecule has 0 bridgehead atoms. The van der Waals surface area contributed by atoms with Gasteiger partial charge in [0.2, 0.25) is 0 Å². The Hall–Kier alpha value is -1.17. The van der Waals surface area contributed by atoms with Crippen LogP contribution in [0.15, 0.2) is 18.2 Å². The molecular formula is C13H17ClN2O3. The summed E-state index contributed by atoms with van der Waals surface area (Å²) in [6.07, 6.45) is 2.27. The molecule has 19 heavy (non-hydrogen) atoms. The lowest BCUT2D eigenvalue weighted by Gasteiger charge is -2.35. The molecule has 0 heterocycles. The maximum atomic E-state index is 10.9. The smallest absolute Gasteiger partial charge is 0.275 e. The lowest BCUT2D eigenvalue weighted by molar-refractivity contribution is -0.385. The van der Waals surface area contributed by atoms with Gasteiger partial charge < -0.3 is 10.1 Å². The Morgan fingerprint density at radius 2 is 2.26 bits per heavy atom. The molecular weight excluding hydrogens is 268 g/mol. The van der Waals surface area contributed by atoms with Crippen LogP contribution < -0.4 is 5.32 Å². The predicted molar refractivity (Wildman–Crippen MR) is 73.4 cm³/mol. The maximum absolute atomic E-state index is 10.9. The van der Waals surface area contributed by atoms with Crippen LogP contribution >= 0.6 is 11.6 Å². The number of rotatable bonds is 6. The summed E-state index contributed by atoms with van der Waals surface area (Å²) < 4.78 is 5.47. The molecule has 0 atom stereocenters. The van der Waals surface area contributed by atoms with Gasteiger partial charge in [-0.05, 0) is 31.9 Å². The monoisotopic (exact) mass is 284 g/mol. The second-order valence-corrected chi connectivity index (χ2v) is 5.09. The van der Waals surface area contributed by atoms with Gasteiger partial charge in [-0.2, -0.15) is 0 Å². The predicted octanol–water partition coefficient (Wildman–Crippen LogP) is 2.91. The number of nitro groups is 1. The molecule has 1 fully saturated rings. The highest BCUT2D eigenvalue weighted by molar-refractivity contribution is 6.30. The fraction of sp³-hybridized carbons (Fsp3) is 0.538. The van der Waals surface area contributed by atoms with Crippen LogP contribution in [0.2, 0.25) is 5.02 Å². The fourth-order valence-corrected chi connectivity index (χ4v) is 2.38. The molecule has 1 aromatic rings. The number of benzene rings is 1. The first kappa shape index (κ1) is 14.2. The van der Waals surface area contributed by atoms with Gasteiger partial charge in [-0.15, -0.1) is 0 Å². The van der Waals surface area contributed by atoms with Gasteiger partial charge in [-0.25, -0.2) is 0 Å².